The summed E-state index contributed by atoms with van der Waals surface area (Å²) in [6.45, 7) is 11.8. The molecule has 1 saturated heterocycles. The van der Waals surface area contributed by atoms with Crippen molar-refractivity contribution in [2.45, 2.75) is 40.2 Å². The molecule has 1 aliphatic heterocycles. The molecule has 4 rings (SSSR count). The van der Waals surface area contributed by atoms with Gasteiger partial charge in [0.15, 0.2) is 5.13 Å². The molecule has 0 saturated carbocycles. The van der Waals surface area contributed by atoms with Crippen molar-refractivity contribution >= 4 is 39.9 Å². The second kappa shape index (κ2) is 12.8. The zero-order valence-electron chi connectivity index (χ0n) is 23.4. The Morgan fingerprint density at radius 2 is 1.85 bits per heavy atom. The molecule has 1 aliphatic rings. The number of amides is 1. The average Bonchev–Trinajstić information content (AvgIpc) is 3.47. The molecule has 2 aromatic carbocycles. The summed E-state index contributed by atoms with van der Waals surface area (Å²) in [5.41, 5.74) is 1.92. The molecule has 1 atom stereocenters. The van der Waals surface area contributed by atoms with E-state index in [0.717, 1.165) is 23.3 Å². The summed E-state index contributed by atoms with van der Waals surface area (Å²) in [5.74, 6) is -1.39. The van der Waals surface area contributed by atoms with Crippen LogP contribution >= 0.6 is 11.3 Å². The van der Waals surface area contributed by atoms with Crippen molar-refractivity contribution < 1.29 is 33.7 Å². The maximum Gasteiger partial charge on any atom is 0.350 e. The second-order valence-electron chi connectivity index (χ2n) is 9.30. The van der Waals surface area contributed by atoms with Gasteiger partial charge in [-0.1, -0.05) is 43.0 Å². The summed E-state index contributed by atoms with van der Waals surface area (Å²) in [7, 11) is 0. The molecule has 41 heavy (non-hydrogen) atoms. The maximum atomic E-state index is 13.5. The van der Waals surface area contributed by atoms with Crippen molar-refractivity contribution in [2.75, 3.05) is 24.7 Å². The Labute approximate surface area is 242 Å². The van der Waals surface area contributed by atoms with Crippen LogP contribution in [0.2, 0.25) is 0 Å². The number of ether oxygens (including phenoxy) is 3. The molecule has 1 N–H and O–H groups in total. The summed E-state index contributed by atoms with van der Waals surface area (Å²) in [6, 6.07) is 11.0. The number of benzene rings is 2. The molecule has 9 nitrogen and oxygen atoms in total. The molecular weight excluding hydrogens is 544 g/mol. The number of aliphatic hydroxyl groups excluding tert-OH is 1. The van der Waals surface area contributed by atoms with Gasteiger partial charge in [-0.2, -0.15) is 0 Å². The van der Waals surface area contributed by atoms with Crippen molar-refractivity contribution in [3.63, 3.8) is 0 Å². The Bertz CT molecular complexity index is 1510. The van der Waals surface area contributed by atoms with E-state index in [4.69, 9.17) is 14.2 Å². The van der Waals surface area contributed by atoms with Crippen molar-refractivity contribution in [1.82, 2.24) is 4.98 Å². The summed E-state index contributed by atoms with van der Waals surface area (Å²) in [4.78, 5) is 45.5. The molecule has 3 aromatic rings. The van der Waals surface area contributed by atoms with Crippen molar-refractivity contribution in [1.29, 1.82) is 0 Å². The lowest BCUT2D eigenvalue weighted by Gasteiger charge is -2.23. The Kier molecular flexibility index (Phi) is 9.24. The maximum absolute atomic E-state index is 13.5. The zero-order valence-corrected chi connectivity index (χ0v) is 24.2. The van der Waals surface area contributed by atoms with Crippen LogP contribution in [0.5, 0.6) is 11.5 Å². The molecular formula is C31H32N2O7S. The molecule has 214 valence electrons. The number of rotatable bonds is 11. The third-order valence-electron chi connectivity index (χ3n) is 6.37. The number of carbonyl (C=O) groups excluding carboxylic acids is 3. The van der Waals surface area contributed by atoms with Crippen LogP contribution in [-0.2, 0) is 14.3 Å². The third-order valence-corrected chi connectivity index (χ3v) is 7.51. The first kappa shape index (κ1) is 29.5. The Hall–Kier alpha value is -4.44. The van der Waals surface area contributed by atoms with Gasteiger partial charge in [-0.25, -0.2) is 9.78 Å². The summed E-state index contributed by atoms with van der Waals surface area (Å²) in [6.07, 6.45) is 2.46. The molecule has 2 heterocycles. The summed E-state index contributed by atoms with van der Waals surface area (Å²) >= 11 is 0.959. The van der Waals surface area contributed by atoms with Crippen LogP contribution in [0.15, 0.2) is 60.7 Å². The highest BCUT2D eigenvalue weighted by molar-refractivity contribution is 7.17. The van der Waals surface area contributed by atoms with Crippen LogP contribution in [0.4, 0.5) is 5.13 Å². The number of esters is 1. The largest absolute Gasteiger partial charge is 0.507 e. The average molecular weight is 577 g/mol. The number of nitrogens with zero attached hydrogens (tertiary/aromatic N) is 2. The minimum absolute atomic E-state index is 0.0954. The van der Waals surface area contributed by atoms with Gasteiger partial charge in [-0.3, -0.25) is 14.5 Å². The molecule has 1 amide bonds. The first-order chi connectivity index (χ1) is 19.7. The molecule has 10 heteroatoms. The van der Waals surface area contributed by atoms with E-state index in [1.54, 1.807) is 62.4 Å². The van der Waals surface area contributed by atoms with Crippen LogP contribution in [0, 0.1) is 13.8 Å². The lowest BCUT2D eigenvalue weighted by molar-refractivity contribution is -0.132. The molecule has 1 fully saturated rings. The highest BCUT2D eigenvalue weighted by Crippen LogP contribution is 2.44. The first-order valence-electron chi connectivity index (χ1n) is 13.2. The third kappa shape index (κ3) is 6.02. The number of hydrogen-bond acceptors (Lipinski definition) is 9. The number of aliphatic hydroxyl groups is 1. The van der Waals surface area contributed by atoms with Gasteiger partial charge in [-0.05, 0) is 68.7 Å². The summed E-state index contributed by atoms with van der Waals surface area (Å²) in [5, 5.41) is 11.6. The first-order valence-corrected chi connectivity index (χ1v) is 14.1. The van der Waals surface area contributed by atoms with Crippen LogP contribution in [0.3, 0.4) is 0 Å². The van der Waals surface area contributed by atoms with Gasteiger partial charge in [0.05, 0.1) is 30.5 Å². The summed E-state index contributed by atoms with van der Waals surface area (Å²) < 4.78 is 16.5. The number of carbonyl (C=O) groups is 3. The van der Waals surface area contributed by atoms with Gasteiger partial charge in [-0.15, -0.1) is 0 Å². The predicted molar refractivity (Wildman–Crippen MR) is 157 cm³/mol. The fourth-order valence-corrected chi connectivity index (χ4v) is 5.43. The molecule has 0 spiro atoms. The lowest BCUT2D eigenvalue weighted by atomic mass is 9.95. The van der Waals surface area contributed by atoms with E-state index in [9.17, 15) is 19.5 Å². The van der Waals surface area contributed by atoms with Crippen molar-refractivity contribution in [3.8, 4) is 11.5 Å². The lowest BCUT2D eigenvalue weighted by Crippen LogP contribution is -2.29. The topological polar surface area (TPSA) is 115 Å². The van der Waals surface area contributed by atoms with Gasteiger partial charge in [0.1, 0.15) is 28.7 Å². The molecule has 1 aromatic heterocycles. The minimum Gasteiger partial charge on any atom is -0.507 e. The predicted octanol–water partition coefficient (Wildman–Crippen LogP) is 5.92. The highest BCUT2D eigenvalue weighted by atomic mass is 32.1. The van der Waals surface area contributed by atoms with Crippen molar-refractivity contribution in [3.05, 3.63) is 88.0 Å². The van der Waals surface area contributed by atoms with Crippen LogP contribution < -0.4 is 14.4 Å². The number of anilines is 1. The fourth-order valence-electron chi connectivity index (χ4n) is 4.45. The molecule has 0 unspecified atom stereocenters. The number of aryl methyl sites for hydroxylation is 2. The van der Waals surface area contributed by atoms with Gasteiger partial charge in [0.2, 0.25) is 0 Å². The Morgan fingerprint density at radius 1 is 1.12 bits per heavy atom. The standard InChI is InChI=1S/C31H32N2O7S/c1-6-15-39-22-12-9-20(10-13-22)25-24(26(34)21-11-14-23(18(4)17-21)40-16-7-2)27(35)29(36)33(25)31-32-19(5)28(41-31)30(37)38-8-3/h7,9-14,17,25,34H,2,6,8,15-16H2,1,3-5H3/t25-/m0/s1. The van der Waals surface area contributed by atoms with Crippen molar-refractivity contribution in [2.24, 2.45) is 0 Å². The number of aromatic nitrogens is 1. The Morgan fingerprint density at radius 3 is 2.49 bits per heavy atom. The van der Waals surface area contributed by atoms with E-state index in [1.807, 2.05) is 13.8 Å². The quantitative estimate of drug-likeness (QED) is 0.0984. The number of Topliss-reactive ketones (excluding diaryl/α,β-unsaturated/α-hetero) is 1. The van der Waals surface area contributed by atoms with Gasteiger partial charge < -0.3 is 19.3 Å². The SMILES string of the molecule is C=CCOc1ccc(C(O)=C2C(=O)C(=O)N(c3nc(C)c(C(=O)OCC)s3)[C@H]2c2ccc(OCCC)cc2)cc1C. The van der Waals surface area contributed by atoms with E-state index in [2.05, 4.69) is 11.6 Å². The van der Waals surface area contributed by atoms with Gasteiger partial charge in [0, 0.05) is 5.56 Å². The normalized spacial score (nSPS) is 16.1. The molecule has 0 radical (unpaired) electrons. The van der Waals surface area contributed by atoms with Gasteiger partial charge in [0.25, 0.3) is 5.78 Å². The van der Waals surface area contributed by atoms with E-state index >= 15 is 0 Å². The minimum atomic E-state index is -1.01. The number of hydrogen-bond donors (Lipinski definition) is 1. The van der Waals surface area contributed by atoms with E-state index in [-0.39, 0.29) is 27.9 Å². The van der Waals surface area contributed by atoms with E-state index in [0.29, 0.717) is 41.5 Å². The number of thiazole rings is 1. The van der Waals surface area contributed by atoms with Crippen LogP contribution in [0.25, 0.3) is 5.76 Å². The van der Waals surface area contributed by atoms with E-state index < -0.39 is 23.7 Å². The number of ketones is 1. The van der Waals surface area contributed by atoms with Crippen LogP contribution in [0.1, 0.15) is 58.4 Å². The fraction of sp³-hybridized carbons (Fsp3) is 0.290. The smallest absolute Gasteiger partial charge is 0.350 e. The van der Waals surface area contributed by atoms with Gasteiger partial charge >= 0.3 is 11.9 Å². The molecule has 0 aliphatic carbocycles. The highest BCUT2D eigenvalue weighted by Gasteiger charge is 2.48. The van der Waals surface area contributed by atoms with E-state index in [1.165, 1.54) is 4.90 Å². The second-order valence-corrected chi connectivity index (χ2v) is 10.3. The molecule has 0 bridgehead atoms. The van der Waals surface area contributed by atoms with Crippen LogP contribution in [-0.4, -0.2) is 47.6 Å². The Balaban J connectivity index is 1.85. The monoisotopic (exact) mass is 576 g/mol. The zero-order chi connectivity index (χ0) is 29.7.